The van der Waals surface area contributed by atoms with Gasteiger partial charge in [-0.05, 0) is 37.9 Å². The van der Waals surface area contributed by atoms with Crippen LogP contribution in [0.1, 0.15) is 31.5 Å². The molecule has 4 heteroatoms. The molecule has 3 nitrogen and oxygen atoms in total. The van der Waals surface area contributed by atoms with E-state index in [1.807, 2.05) is 4.57 Å². The van der Waals surface area contributed by atoms with E-state index in [1.165, 1.54) is 12.8 Å². The van der Waals surface area contributed by atoms with Gasteiger partial charge in [0.05, 0.1) is 12.3 Å². The van der Waals surface area contributed by atoms with Gasteiger partial charge < -0.3 is 14.7 Å². The van der Waals surface area contributed by atoms with Crippen molar-refractivity contribution in [1.29, 1.82) is 0 Å². The van der Waals surface area contributed by atoms with Crippen molar-refractivity contribution in [3.8, 4) is 0 Å². The molecule has 1 aliphatic carbocycles. The average molecular weight is 198 g/mol. The van der Waals surface area contributed by atoms with Crippen molar-refractivity contribution in [2.24, 2.45) is 5.92 Å². The van der Waals surface area contributed by atoms with Crippen molar-refractivity contribution in [2.45, 2.75) is 32.4 Å². The Morgan fingerprint density at radius 3 is 3.00 bits per heavy atom. The summed E-state index contributed by atoms with van der Waals surface area (Å²) < 4.78 is 2.76. The first-order valence-electron chi connectivity index (χ1n) is 4.63. The minimum absolute atomic E-state index is 0.0597. The fourth-order valence-electron chi connectivity index (χ4n) is 1.77. The zero-order chi connectivity index (χ0) is 9.42. The highest BCUT2D eigenvalue weighted by molar-refractivity contribution is 7.71. The van der Waals surface area contributed by atoms with Gasteiger partial charge in [-0.25, -0.2) is 0 Å². The maximum Gasteiger partial charge on any atom is 0.177 e. The van der Waals surface area contributed by atoms with E-state index >= 15 is 0 Å². The third-order valence-electron chi connectivity index (χ3n) is 2.76. The molecule has 1 fully saturated rings. The first kappa shape index (κ1) is 8.97. The van der Waals surface area contributed by atoms with E-state index in [1.54, 1.807) is 6.20 Å². The third kappa shape index (κ3) is 1.56. The van der Waals surface area contributed by atoms with Crippen LogP contribution in [0.2, 0.25) is 0 Å². The van der Waals surface area contributed by atoms with Crippen LogP contribution in [-0.4, -0.2) is 14.7 Å². The van der Waals surface area contributed by atoms with Gasteiger partial charge in [0.1, 0.15) is 0 Å². The van der Waals surface area contributed by atoms with Gasteiger partial charge in [-0.2, -0.15) is 0 Å². The summed E-state index contributed by atoms with van der Waals surface area (Å²) in [5.41, 5.74) is 0.893. The number of aromatic amines is 1. The number of aliphatic hydroxyl groups excluding tert-OH is 1. The number of H-pyrrole nitrogens is 1. The van der Waals surface area contributed by atoms with Gasteiger partial charge >= 0.3 is 0 Å². The zero-order valence-electron chi connectivity index (χ0n) is 7.66. The number of aliphatic hydroxyl groups is 1. The molecule has 1 saturated carbocycles. The van der Waals surface area contributed by atoms with Gasteiger partial charge in [0.25, 0.3) is 0 Å². The predicted octanol–water partition coefficient (Wildman–Crippen LogP) is 2.01. The quantitative estimate of drug-likeness (QED) is 0.729. The van der Waals surface area contributed by atoms with Crippen LogP contribution in [0.5, 0.6) is 0 Å². The normalized spacial score (nSPS) is 18.9. The molecule has 0 spiro atoms. The number of nitrogens with one attached hydrogen (secondary N) is 1. The van der Waals surface area contributed by atoms with E-state index in [9.17, 15) is 0 Å². The Bertz CT molecular complexity index is 351. The van der Waals surface area contributed by atoms with Crippen LogP contribution < -0.4 is 0 Å². The van der Waals surface area contributed by atoms with Crippen molar-refractivity contribution < 1.29 is 5.11 Å². The summed E-state index contributed by atoms with van der Waals surface area (Å²) in [6.07, 6.45) is 4.37. The van der Waals surface area contributed by atoms with Crippen LogP contribution in [0.15, 0.2) is 6.20 Å². The molecule has 0 amide bonds. The first-order chi connectivity index (χ1) is 6.24. The van der Waals surface area contributed by atoms with E-state index in [2.05, 4.69) is 11.9 Å². The van der Waals surface area contributed by atoms with E-state index in [0.717, 1.165) is 16.4 Å². The smallest absolute Gasteiger partial charge is 0.177 e. The standard InChI is InChI=1S/C9H14N2OS/c1-6(7-2-3-7)11-8(5-12)4-10-9(11)13/h4,6-7,12H,2-3,5H2,1H3,(H,10,13). The molecule has 1 unspecified atom stereocenters. The maximum atomic E-state index is 9.10. The average Bonchev–Trinajstić information content (AvgIpc) is 2.89. The summed E-state index contributed by atoms with van der Waals surface area (Å²) in [4.78, 5) is 2.97. The summed E-state index contributed by atoms with van der Waals surface area (Å²) in [6, 6.07) is 0.431. The minimum Gasteiger partial charge on any atom is -0.390 e. The Hall–Kier alpha value is -0.610. The number of hydrogen-bond donors (Lipinski definition) is 2. The predicted molar refractivity (Wildman–Crippen MR) is 53.0 cm³/mol. The van der Waals surface area contributed by atoms with Crippen molar-refractivity contribution in [2.75, 3.05) is 0 Å². The second-order valence-corrected chi connectivity index (χ2v) is 4.08. The number of imidazole rings is 1. The lowest BCUT2D eigenvalue weighted by molar-refractivity contribution is 0.264. The third-order valence-corrected chi connectivity index (χ3v) is 3.08. The Morgan fingerprint density at radius 2 is 2.46 bits per heavy atom. The van der Waals surface area contributed by atoms with Gasteiger partial charge in [0, 0.05) is 12.2 Å². The van der Waals surface area contributed by atoms with E-state index in [4.69, 9.17) is 17.3 Å². The van der Waals surface area contributed by atoms with Crippen molar-refractivity contribution in [1.82, 2.24) is 9.55 Å². The van der Waals surface area contributed by atoms with E-state index in [0.29, 0.717) is 6.04 Å². The molecular formula is C9H14N2OS. The molecule has 1 aromatic heterocycles. The van der Waals surface area contributed by atoms with Gasteiger partial charge in [-0.3, -0.25) is 0 Å². The molecule has 72 valence electrons. The Kier molecular flexibility index (Phi) is 2.26. The summed E-state index contributed by atoms with van der Waals surface area (Å²) in [5, 5.41) is 9.10. The monoisotopic (exact) mass is 198 g/mol. The van der Waals surface area contributed by atoms with Gasteiger partial charge in [0.2, 0.25) is 0 Å². The number of aromatic nitrogens is 2. The van der Waals surface area contributed by atoms with Crippen LogP contribution in [0.3, 0.4) is 0 Å². The van der Waals surface area contributed by atoms with E-state index < -0.39 is 0 Å². The molecule has 0 aliphatic heterocycles. The second-order valence-electron chi connectivity index (χ2n) is 3.69. The largest absolute Gasteiger partial charge is 0.390 e. The molecule has 13 heavy (non-hydrogen) atoms. The van der Waals surface area contributed by atoms with Gasteiger partial charge in [-0.15, -0.1) is 0 Å². The Labute approximate surface area is 82.4 Å². The molecule has 1 heterocycles. The fourth-order valence-corrected chi connectivity index (χ4v) is 2.11. The summed E-state index contributed by atoms with van der Waals surface area (Å²) in [5.74, 6) is 0.757. The van der Waals surface area contributed by atoms with Gasteiger partial charge in [0.15, 0.2) is 4.77 Å². The molecule has 2 N–H and O–H groups in total. The summed E-state index contributed by atoms with van der Waals surface area (Å²) in [7, 11) is 0. The zero-order valence-corrected chi connectivity index (χ0v) is 8.47. The van der Waals surface area contributed by atoms with Crippen LogP contribution >= 0.6 is 12.2 Å². The Morgan fingerprint density at radius 1 is 1.77 bits per heavy atom. The Balaban J connectivity index is 2.35. The lowest BCUT2D eigenvalue weighted by Crippen LogP contribution is -2.10. The molecule has 0 aromatic carbocycles. The highest BCUT2D eigenvalue weighted by Crippen LogP contribution is 2.39. The van der Waals surface area contributed by atoms with Crippen LogP contribution in [-0.2, 0) is 6.61 Å². The van der Waals surface area contributed by atoms with Crippen LogP contribution in [0.25, 0.3) is 0 Å². The van der Waals surface area contributed by atoms with Crippen LogP contribution in [0.4, 0.5) is 0 Å². The highest BCUT2D eigenvalue weighted by Gasteiger charge is 2.30. The highest BCUT2D eigenvalue weighted by atomic mass is 32.1. The molecule has 1 atom stereocenters. The molecule has 0 radical (unpaired) electrons. The molecule has 2 rings (SSSR count). The maximum absolute atomic E-state index is 9.10. The topological polar surface area (TPSA) is 41.0 Å². The van der Waals surface area contributed by atoms with Crippen molar-refractivity contribution in [3.63, 3.8) is 0 Å². The molecular weight excluding hydrogens is 184 g/mol. The SMILES string of the molecule is CC(C1CC1)n1c(CO)c[nH]c1=S. The molecule has 0 bridgehead atoms. The first-order valence-corrected chi connectivity index (χ1v) is 5.04. The lowest BCUT2D eigenvalue weighted by Gasteiger charge is -2.14. The fraction of sp³-hybridized carbons (Fsp3) is 0.667. The summed E-state index contributed by atoms with van der Waals surface area (Å²) >= 11 is 5.16. The van der Waals surface area contributed by atoms with Crippen molar-refractivity contribution >= 4 is 12.2 Å². The molecule has 1 aromatic rings. The number of rotatable bonds is 3. The molecule has 0 saturated heterocycles. The minimum atomic E-state index is 0.0597. The summed E-state index contributed by atoms with van der Waals surface area (Å²) in [6.45, 7) is 2.23. The van der Waals surface area contributed by atoms with Gasteiger partial charge in [-0.1, -0.05) is 0 Å². The van der Waals surface area contributed by atoms with Crippen LogP contribution in [0, 0.1) is 10.7 Å². The second kappa shape index (κ2) is 3.27. The number of nitrogens with zero attached hydrogens (tertiary/aromatic N) is 1. The lowest BCUT2D eigenvalue weighted by atomic mass is 10.2. The van der Waals surface area contributed by atoms with E-state index in [-0.39, 0.29) is 6.61 Å². The van der Waals surface area contributed by atoms with Crippen molar-refractivity contribution in [3.05, 3.63) is 16.7 Å². The number of hydrogen-bond acceptors (Lipinski definition) is 2. The molecule has 1 aliphatic rings.